The van der Waals surface area contributed by atoms with E-state index in [1.54, 1.807) is 24.3 Å². The van der Waals surface area contributed by atoms with Crippen LogP contribution in [0.25, 0.3) is 10.8 Å². The van der Waals surface area contributed by atoms with Crippen molar-refractivity contribution < 1.29 is 19.8 Å². The van der Waals surface area contributed by atoms with Gasteiger partial charge in [0.1, 0.15) is 0 Å². The van der Waals surface area contributed by atoms with E-state index in [-0.39, 0.29) is 11.3 Å². The Bertz CT molecular complexity index is 669. The Labute approximate surface area is 118 Å². The highest BCUT2D eigenvalue weighted by Gasteiger charge is 2.14. The molecule has 2 N–H and O–H groups in total. The molecule has 0 unspecified atom stereocenters. The number of thioether (sulfide) groups is 1. The minimum absolute atomic E-state index is 0.118. The van der Waals surface area contributed by atoms with Crippen molar-refractivity contribution >= 4 is 46.1 Å². The Kier molecular flexibility index (Phi) is 3.97. The van der Waals surface area contributed by atoms with E-state index >= 15 is 0 Å². The number of halogens is 1. The third-order valence-electron chi connectivity index (χ3n) is 2.53. The lowest BCUT2D eigenvalue weighted by Gasteiger charge is -2.09. The molecule has 6 heteroatoms. The smallest absolute Gasteiger partial charge is 0.336 e. The number of carboxylic acids is 2. The zero-order valence-electron chi connectivity index (χ0n) is 9.59. The quantitative estimate of drug-likeness (QED) is 0.846. The topological polar surface area (TPSA) is 74.6 Å². The Balaban J connectivity index is 2.66. The number of aromatic carboxylic acids is 1. The van der Waals surface area contributed by atoms with Crippen LogP contribution in [0.3, 0.4) is 0 Å². The van der Waals surface area contributed by atoms with Gasteiger partial charge in [-0.15, -0.1) is 11.8 Å². The van der Waals surface area contributed by atoms with Gasteiger partial charge in [0, 0.05) is 20.7 Å². The highest BCUT2D eigenvalue weighted by molar-refractivity contribution is 8.00. The van der Waals surface area contributed by atoms with Crippen molar-refractivity contribution in [2.24, 2.45) is 0 Å². The summed E-state index contributed by atoms with van der Waals surface area (Å²) in [5.74, 6) is -2.16. The lowest BCUT2D eigenvalue weighted by atomic mass is 10.0. The zero-order chi connectivity index (χ0) is 14.0. The highest BCUT2D eigenvalue weighted by atomic mass is 35.5. The molecule has 0 atom stereocenters. The molecule has 0 amide bonds. The zero-order valence-corrected chi connectivity index (χ0v) is 11.2. The number of fused-ring (bicyclic) bond motifs is 1. The lowest BCUT2D eigenvalue weighted by Crippen LogP contribution is -2.01. The van der Waals surface area contributed by atoms with Gasteiger partial charge in [0.15, 0.2) is 0 Å². The summed E-state index contributed by atoms with van der Waals surface area (Å²) in [5.41, 5.74) is 0.118. The summed E-state index contributed by atoms with van der Waals surface area (Å²) in [6, 6.07) is 8.09. The molecule has 19 heavy (non-hydrogen) atoms. The largest absolute Gasteiger partial charge is 0.481 e. The Morgan fingerprint density at radius 1 is 1.16 bits per heavy atom. The molecule has 0 aromatic heterocycles. The summed E-state index contributed by atoms with van der Waals surface area (Å²) in [4.78, 5) is 22.5. The molecular formula is C13H9ClO4S. The van der Waals surface area contributed by atoms with Crippen molar-refractivity contribution in [1.82, 2.24) is 0 Å². The van der Waals surface area contributed by atoms with Crippen LogP contribution in [-0.2, 0) is 4.79 Å². The highest BCUT2D eigenvalue weighted by Crippen LogP contribution is 2.34. The van der Waals surface area contributed by atoms with E-state index in [2.05, 4.69) is 0 Å². The maximum absolute atomic E-state index is 11.2. The molecule has 0 radical (unpaired) electrons. The molecule has 0 aliphatic heterocycles. The van der Waals surface area contributed by atoms with Crippen LogP contribution in [0.15, 0.2) is 35.2 Å². The summed E-state index contributed by atoms with van der Waals surface area (Å²) in [7, 11) is 0. The first-order chi connectivity index (χ1) is 9.00. The molecular weight excluding hydrogens is 288 g/mol. The second kappa shape index (κ2) is 5.50. The number of rotatable bonds is 4. The van der Waals surface area contributed by atoms with Crippen LogP contribution in [0, 0.1) is 0 Å². The molecule has 0 fully saturated rings. The molecule has 2 aromatic carbocycles. The van der Waals surface area contributed by atoms with Crippen molar-refractivity contribution in [2.75, 3.05) is 5.75 Å². The normalized spacial score (nSPS) is 10.6. The average molecular weight is 297 g/mol. The minimum Gasteiger partial charge on any atom is -0.481 e. The van der Waals surface area contributed by atoms with Gasteiger partial charge in [-0.3, -0.25) is 4.79 Å². The molecule has 0 aliphatic carbocycles. The van der Waals surface area contributed by atoms with Crippen LogP contribution in [0.5, 0.6) is 0 Å². The fraction of sp³-hybridized carbons (Fsp3) is 0.0769. The summed E-state index contributed by atoms with van der Waals surface area (Å²) < 4.78 is 0. The van der Waals surface area contributed by atoms with Crippen molar-refractivity contribution in [3.8, 4) is 0 Å². The molecule has 0 saturated heterocycles. The molecule has 0 spiro atoms. The van der Waals surface area contributed by atoms with Gasteiger partial charge in [0.05, 0.1) is 11.3 Å². The number of benzene rings is 2. The van der Waals surface area contributed by atoms with Crippen LogP contribution in [-0.4, -0.2) is 27.9 Å². The van der Waals surface area contributed by atoms with Gasteiger partial charge in [-0.25, -0.2) is 4.79 Å². The third-order valence-corrected chi connectivity index (χ3v) is 3.90. The molecule has 0 heterocycles. The van der Waals surface area contributed by atoms with Crippen molar-refractivity contribution in [1.29, 1.82) is 0 Å². The maximum Gasteiger partial charge on any atom is 0.336 e. The molecule has 0 aliphatic rings. The van der Waals surface area contributed by atoms with Crippen LogP contribution in [0.4, 0.5) is 0 Å². The Hall–Kier alpha value is -1.72. The van der Waals surface area contributed by atoms with Crippen LogP contribution in [0.2, 0.25) is 5.02 Å². The molecule has 0 saturated carbocycles. The van der Waals surface area contributed by atoms with Crippen molar-refractivity contribution in [3.05, 3.63) is 40.9 Å². The SMILES string of the molecule is O=C(O)CSc1ccc(Cl)c2cccc(C(=O)O)c12. The van der Waals surface area contributed by atoms with E-state index in [0.717, 1.165) is 11.8 Å². The number of carbonyl (C=O) groups is 2. The third kappa shape index (κ3) is 2.83. The Morgan fingerprint density at radius 3 is 2.53 bits per heavy atom. The number of carboxylic acid groups (broad SMARTS) is 2. The second-order valence-electron chi connectivity index (χ2n) is 3.76. The predicted octanol–water partition coefficient (Wildman–Crippen LogP) is 3.37. The monoisotopic (exact) mass is 296 g/mol. The summed E-state index contributed by atoms with van der Waals surface area (Å²) in [6.07, 6.45) is 0. The van der Waals surface area contributed by atoms with E-state index in [9.17, 15) is 14.7 Å². The lowest BCUT2D eigenvalue weighted by molar-refractivity contribution is -0.133. The number of hydrogen-bond donors (Lipinski definition) is 2. The second-order valence-corrected chi connectivity index (χ2v) is 5.19. The van der Waals surface area contributed by atoms with E-state index in [1.807, 2.05) is 0 Å². The van der Waals surface area contributed by atoms with Gasteiger partial charge < -0.3 is 10.2 Å². The molecule has 2 aromatic rings. The van der Waals surface area contributed by atoms with E-state index in [0.29, 0.717) is 20.7 Å². The van der Waals surface area contributed by atoms with Crippen molar-refractivity contribution in [3.63, 3.8) is 0 Å². The van der Waals surface area contributed by atoms with E-state index in [4.69, 9.17) is 16.7 Å². The summed E-state index contributed by atoms with van der Waals surface area (Å²) in [5, 5.41) is 19.5. The summed E-state index contributed by atoms with van der Waals surface area (Å²) >= 11 is 7.13. The van der Waals surface area contributed by atoms with Crippen LogP contribution < -0.4 is 0 Å². The molecule has 4 nitrogen and oxygen atoms in total. The van der Waals surface area contributed by atoms with E-state index in [1.165, 1.54) is 6.07 Å². The van der Waals surface area contributed by atoms with Gasteiger partial charge in [-0.05, 0) is 18.2 Å². The van der Waals surface area contributed by atoms with Gasteiger partial charge >= 0.3 is 11.9 Å². The maximum atomic E-state index is 11.2. The predicted molar refractivity (Wildman–Crippen MR) is 74.3 cm³/mol. The van der Waals surface area contributed by atoms with Gasteiger partial charge in [0.2, 0.25) is 0 Å². The molecule has 98 valence electrons. The first-order valence-electron chi connectivity index (χ1n) is 5.30. The van der Waals surface area contributed by atoms with Crippen LogP contribution >= 0.6 is 23.4 Å². The Morgan fingerprint density at radius 2 is 1.89 bits per heavy atom. The standard InChI is InChI=1S/C13H9ClO4S/c14-9-4-5-10(19-6-11(15)16)12-7(9)2-1-3-8(12)13(17)18/h1-5H,6H2,(H,15,16)(H,17,18). The molecule has 0 bridgehead atoms. The summed E-state index contributed by atoms with van der Waals surface area (Å²) in [6.45, 7) is 0. The van der Waals surface area contributed by atoms with Gasteiger partial charge in [-0.1, -0.05) is 23.7 Å². The first-order valence-corrected chi connectivity index (χ1v) is 6.66. The van der Waals surface area contributed by atoms with Gasteiger partial charge in [0.25, 0.3) is 0 Å². The average Bonchev–Trinajstić information content (AvgIpc) is 2.37. The number of hydrogen-bond acceptors (Lipinski definition) is 3. The first kappa shape index (κ1) is 13.7. The van der Waals surface area contributed by atoms with Crippen molar-refractivity contribution in [2.45, 2.75) is 4.90 Å². The van der Waals surface area contributed by atoms with Gasteiger partial charge in [-0.2, -0.15) is 0 Å². The fourth-order valence-corrected chi connectivity index (χ4v) is 2.80. The minimum atomic E-state index is -1.06. The van der Waals surface area contributed by atoms with Crippen LogP contribution in [0.1, 0.15) is 10.4 Å². The fourth-order valence-electron chi connectivity index (χ4n) is 1.78. The molecule has 2 rings (SSSR count). The van der Waals surface area contributed by atoms with E-state index < -0.39 is 11.9 Å². The number of aliphatic carboxylic acids is 1.